The van der Waals surface area contributed by atoms with Crippen LogP contribution in [0.15, 0.2) is 59.8 Å². The van der Waals surface area contributed by atoms with Crippen LogP contribution in [0.1, 0.15) is 43.4 Å². The summed E-state index contributed by atoms with van der Waals surface area (Å²) in [4.78, 5) is 7.43. The van der Waals surface area contributed by atoms with E-state index in [1.54, 1.807) is 31.4 Å². The molecular weight excluding hydrogens is 414 g/mol. The summed E-state index contributed by atoms with van der Waals surface area (Å²) in [6.45, 7) is 2.02. The van der Waals surface area contributed by atoms with Crippen molar-refractivity contribution >= 4 is 0 Å². The monoisotopic (exact) mass is 444 g/mol. The van der Waals surface area contributed by atoms with Gasteiger partial charge in [0.2, 0.25) is 0 Å². The molecule has 2 N–H and O–H groups in total. The molecule has 2 bridgehead atoms. The third-order valence-corrected chi connectivity index (χ3v) is 6.62. The van der Waals surface area contributed by atoms with Crippen LogP contribution < -0.4 is 5.48 Å². The number of ether oxygens (including phenoxy) is 1. The van der Waals surface area contributed by atoms with Gasteiger partial charge in [-0.15, -0.1) is 0 Å². The van der Waals surface area contributed by atoms with Crippen molar-refractivity contribution in [2.75, 3.05) is 14.2 Å². The highest BCUT2D eigenvalue weighted by atomic mass is 19.1. The number of piperidine rings is 1. The van der Waals surface area contributed by atoms with E-state index in [0.717, 1.165) is 22.4 Å². The van der Waals surface area contributed by atoms with Gasteiger partial charge in [0, 0.05) is 11.7 Å². The molecule has 5 nitrogen and oxygen atoms in total. The quantitative estimate of drug-likeness (QED) is 0.630. The van der Waals surface area contributed by atoms with Crippen LogP contribution >= 0.6 is 0 Å². The second-order valence-corrected chi connectivity index (χ2v) is 8.50. The van der Waals surface area contributed by atoms with Gasteiger partial charge in [-0.2, -0.15) is 0 Å². The highest BCUT2D eigenvalue weighted by molar-refractivity contribution is 5.34. The first-order valence-corrected chi connectivity index (χ1v) is 11.0. The first-order chi connectivity index (χ1) is 15.4. The Morgan fingerprint density at radius 1 is 1.06 bits per heavy atom. The summed E-state index contributed by atoms with van der Waals surface area (Å²) in [7, 11) is 3.59. The predicted octanol–water partition coefficient (Wildman–Crippen LogP) is 4.09. The number of halogens is 2. The fourth-order valence-corrected chi connectivity index (χ4v) is 5.08. The first kappa shape index (κ1) is 22.9. The minimum atomic E-state index is -0.517. The number of fused-ring (bicyclic) bond motifs is 2. The third-order valence-electron chi connectivity index (χ3n) is 6.62. The minimum absolute atomic E-state index is 0.182. The zero-order chi connectivity index (χ0) is 22.8. The molecule has 2 unspecified atom stereocenters. The summed E-state index contributed by atoms with van der Waals surface area (Å²) >= 11 is 0. The fourth-order valence-electron chi connectivity index (χ4n) is 5.08. The normalized spacial score (nSPS) is 27.1. The molecule has 172 valence electrons. The summed E-state index contributed by atoms with van der Waals surface area (Å²) in [6.07, 6.45) is 0.749. The summed E-state index contributed by atoms with van der Waals surface area (Å²) < 4.78 is 33.9. The Balaban J connectivity index is 1.75. The molecule has 0 radical (unpaired) electrons. The molecule has 0 saturated carbocycles. The number of benzene rings is 2. The predicted molar refractivity (Wildman–Crippen MR) is 118 cm³/mol. The number of aliphatic hydroxyl groups excluding tert-OH is 1. The summed E-state index contributed by atoms with van der Waals surface area (Å²) in [5, 5.41) is 10.8. The van der Waals surface area contributed by atoms with E-state index < -0.39 is 12.2 Å². The number of hydroxylamine groups is 1. The standard InChI is InChI=1S/C25H30F2N2O3/c1-4-20(28-31-3)23-22(14-19-13-21(30)24(23)29(19)2)32-25(15-5-9-17(26)10-6-15)16-7-11-18(27)12-8-16/h5-12,19,21-22,24-25,28,30H,4,13-14H2,1-3H3/t19?,21?,22-,24-/m1/s1. The molecule has 2 fully saturated rings. The molecule has 2 heterocycles. The maximum Gasteiger partial charge on any atom is 0.123 e. The molecule has 7 heteroatoms. The molecule has 0 amide bonds. The zero-order valence-corrected chi connectivity index (χ0v) is 18.6. The van der Waals surface area contributed by atoms with E-state index in [0.29, 0.717) is 19.3 Å². The number of hydrogen-bond donors (Lipinski definition) is 2. The number of allylic oxidation sites excluding steroid dienone is 1. The van der Waals surface area contributed by atoms with Gasteiger partial charge in [0.15, 0.2) is 0 Å². The number of nitrogens with zero attached hydrogens (tertiary/aromatic N) is 1. The first-order valence-electron chi connectivity index (χ1n) is 11.0. The van der Waals surface area contributed by atoms with Crippen molar-refractivity contribution in [1.29, 1.82) is 0 Å². The van der Waals surface area contributed by atoms with E-state index in [-0.39, 0.29) is 29.8 Å². The van der Waals surface area contributed by atoms with Gasteiger partial charge in [0.25, 0.3) is 0 Å². The van der Waals surface area contributed by atoms with Gasteiger partial charge in [-0.3, -0.25) is 15.2 Å². The summed E-state index contributed by atoms with van der Waals surface area (Å²) in [6, 6.07) is 12.4. The lowest BCUT2D eigenvalue weighted by Crippen LogP contribution is -2.48. The maximum atomic E-state index is 13.6. The Bertz CT molecular complexity index is 903. The Kier molecular flexibility index (Phi) is 6.90. The Labute approximate surface area is 187 Å². The van der Waals surface area contributed by atoms with Crippen molar-refractivity contribution < 1.29 is 23.5 Å². The van der Waals surface area contributed by atoms with Crippen molar-refractivity contribution in [2.24, 2.45) is 0 Å². The topological polar surface area (TPSA) is 54.0 Å². The molecule has 2 aliphatic heterocycles. The third kappa shape index (κ3) is 4.43. The molecule has 0 spiro atoms. The van der Waals surface area contributed by atoms with Gasteiger partial charge in [-0.05, 0) is 67.3 Å². The van der Waals surface area contributed by atoms with E-state index >= 15 is 0 Å². The molecule has 32 heavy (non-hydrogen) atoms. The van der Waals surface area contributed by atoms with Crippen LogP contribution in [0.3, 0.4) is 0 Å². The molecular formula is C25H30F2N2O3. The Morgan fingerprint density at radius 2 is 1.62 bits per heavy atom. The van der Waals surface area contributed by atoms with E-state index in [4.69, 9.17) is 9.57 Å². The lowest BCUT2D eigenvalue weighted by Gasteiger charge is -2.41. The molecule has 2 aromatic carbocycles. The number of nitrogens with one attached hydrogen (secondary N) is 1. The molecule has 2 aliphatic rings. The van der Waals surface area contributed by atoms with Crippen LogP contribution in [0.4, 0.5) is 8.78 Å². The molecule has 0 aliphatic carbocycles. The van der Waals surface area contributed by atoms with E-state index in [1.165, 1.54) is 24.3 Å². The van der Waals surface area contributed by atoms with Crippen LogP contribution in [0.5, 0.6) is 0 Å². The fraction of sp³-hybridized carbons (Fsp3) is 0.440. The van der Waals surface area contributed by atoms with Crippen molar-refractivity contribution in [2.45, 2.75) is 56.6 Å². The van der Waals surface area contributed by atoms with E-state index in [9.17, 15) is 13.9 Å². The lowest BCUT2D eigenvalue weighted by molar-refractivity contribution is -0.0162. The van der Waals surface area contributed by atoms with Crippen LogP contribution in [0, 0.1) is 11.6 Å². The SMILES string of the molecule is CCC(NOC)=C1[C@H](OC(c2ccc(F)cc2)c2ccc(F)cc2)CC2CC(O)[C@H]1N2C. The van der Waals surface area contributed by atoms with Gasteiger partial charge in [0.1, 0.15) is 17.7 Å². The van der Waals surface area contributed by atoms with Gasteiger partial charge in [-0.1, -0.05) is 31.2 Å². The molecule has 2 saturated heterocycles. The molecule has 2 aromatic rings. The maximum absolute atomic E-state index is 13.6. The number of likely N-dealkylation sites (N-methyl/N-ethyl adjacent to an activating group) is 1. The van der Waals surface area contributed by atoms with Crippen LogP contribution in [-0.4, -0.2) is 48.5 Å². The zero-order valence-electron chi connectivity index (χ0n) is 18.6. The molecule has 0 aromatic heterocycles. The molecule has 4 atom stereocenters. The summed E-state index contributed by atoms with van der Waals surface area (Å²) in [5.41, 5.74) is 6.39. The van der Waals surface area contributed by atoms with E-state index in [1.807, 2.05) is 14.0 Å². The largest absolute Gasteiger partial charge is 0.391 e. The Morgan fingerprint density at radius 3 is 2.12 bits per heavy atom. The smallest absolute Gasteiger partial charge is 0.123 e. The second kappa shape index (κ2) is 9.67. The Hall–Kier alpha value is -2.32. The van der Waals surface area contributed by atoms with Gasteiger partial charge < -0.3 is 9.84 Å². The highest BCUT2D eigenvalue weighted by Crippen LogP contribution is 2.43. The van der Waals surface area contributed by atoms with Crippen LogP contribution in [0.2, 0.25) is 0 Å². The van der Waals surface area contributed by atoms with E-state index in [2.05, 4.69) is 10.4 Å². The average molecular weight is 445 g/mol. The van der Waals surface area contributed by atoms with Gasteiger partial charge >= 0.3 is 0 Å². The minimum Gasteiger partial charge on any atom is -0.391 e. The van der Waals surface area contributed by atoms with Gasteiger partial charge in [-0.25, -0.2) is 8.78 Å². The van der Waals surface area contributed by atoms with Crippen molar-refractivity contribution in [3.63, 3.8) is 0 Å². The summed E-state index contributed by atoms with van der Waals surface area (Å²) in [5.74, 6) is -0.657. The van der Waals surface area contributed by atoms with Gasteiger partial charge in [0.05, 0.1) is 25.4 Å². The number of rotatable bonds is 7. The molecule has 4 rings (SSSR count). The van der Waals surface area contributed by atoms with Crippen molar-refractivity contribution in [1.82, 2.24) is 10.4 Å². The lowest BCUT2D eigenvalue weighted by atomic mass is 9.90. The average Bonchev–Trinajstić information content (AvgIpc) is 2.96. The van der Waals surface area contributed by atoms with Crippen molar-refractivity contribution in [3.8, 4) is 0 Å². The number of hydrogen-bond acceptors (Lipinski definition) is 5. The second-order valence-electron chi connectivity index (χ2n) is 8.50. The van der Waals surface area contributed by atoms with Crippen LogP contribution in [-0.2, 0) is 9.57 Å². The highest BCUT2D eigenvalue weighted by Gasteiger charge is 2.49. The van der Waals surface area contributed by atoms with Crippen LogP contribution in [0.25, 0.3) is 0 Å². The number of aliphatic hydroxyl groups is 1. The van der Waals surface area contributed by atoms with Crippen molar-refractivity contribution in [3.05, 3.63) is 82.6 Å².